The van der Waals surface area contributed by atoms with Crippen molar-refractivity contribution in [3.8, 4) is 5.75 Å². The number of β-amino-alcohol motifs (C(OH)–C–C–N with tert-alkyl or cyclic N) is 2. The number of ether oxygens (including phenoxy) is 1. The van der Waals surface area contributed by atoms with E-state index in [9.17, 15) is 19.2 Å². The Morgan fingerprint density at radius 3 is 1.54 bits per heavy atom. The van der Waals surface area contributed by atoms with Gasteiger partial charge in [-0.15, -0.1) is 0 Å². The van der Waals surface area contributed by atoms with E-state index >= 15 is 0 Å². The number of hydrogen-bond acceptors (Lipinski definition) is 8. The molecule has 0 saturated carbocycles. The van der Waals surface area contributed by atoms with Crippen LogP contribution in [-0.2, 0) is 0 Å². The van der Waals surface area contributed by atoms with Gasteiger partial charge in [-0.3, -0.25) is 29.0 Å². The number of aliphatic hydroxyl groups excluding tert-OH is 2. The van der Waals surface area contributed by atoms with Gasteiger partial charge < -0.3 is 20.4 Å². The molecule has 4 aromatic rings. The summed E-state index contributed by atoms with van der Waals surface area (Å²) in [5.74, 6) is -0.911. The molecule has 10 nitrogen and oxygen atoms in total. The molecule has 41 heavy (non-hydrogen) atoms. The molecule has 12 heteroatoms. The topological polar surface area (TPSA) is 154 Å². The van der Waals surface area contributed by atoms with E-state index in [0.29, 0.717) is 49.2 Å². The zero-order chi connectivity index (χ0) is 27.8. The largest absolute Gasteiger partial charge is 1.00 e. The van der Waals surface area contributed by atoms with Crippen LogP contribution in [0.1, 0.15) is 41.4 Å². The van der Waals surface area contributed by atoms with Crippen LogP contribution >= 0.6 is 11.6 Å². The zero-order valence-electron chi connectivity index (χ0n) is 22.3. The maximum atomic E-state index is 12.4. The Kier molecular flexibility index (Phi) is 10.8. The van der Waals surface area contributed by atoms with Gasteiger partial charge in [0.15, 0.2) is 0 Å². The van der Waals surface area contributed by atoms with Crippen LogP contribution in [0.3, 0.4) is 0 Å². The fraction of sp³-hybridized carbons (Fsp3) is 0.172. The number of methoxy groups -OCH3 is 1. The Balaban J connectivity index is 0.000000215. The first-order valence-electron chi connectivity index (χ1n) is 12.1. The van der Waals surface area contributed by atoms with E-state index in [1.807, 2.05) is 6.07 Å². The van der Waals surface area contributed by atoms with E-state index in [2.05, 4.69) is 0 Å². The number of amides is 4. The van der Waals surface area contributed by atoms with E-state index in [1.54, 1.807) is 61.7 Å². The van der Waals surface area contributed by atoms with Gasteiger partial charge >= 0.3 is 51.4 Å². The third kappa shape index (κ3) is 5.57. The van der Waals surface area contributed by atoms with Crippen molar-refractivity contribution in [2.24, 2.45) is 0 Å². The molecule has 4 amide bonds. The first-order chi connectivity index (χ1) is 18.8. The monoisotopic (exact) mass is 602 g/mol. The average Bonchev–Trinajstić information content (AvgIpc) is 2.95. The predicted molar refractivity (Wildman–Crippen MR) is 146 cm³/mol. The van der Waals surface area contributed by atoms with Crippen LogP contribution in [0.4, 0.5) is 0 Å². The number of carbonyl (C=O) groups excluding carboxylic acids is 4. The summed E-state index contributed by atoms with van der Waals surface area (Å²) in [6, 6.07) is 17.1. The fourth-order valence-electron chi connectivity index (χ4n) is 5.01. The van der Waals surface area contributed by atoms with Gasteiger partial charge in [0, 0.05) is 48.8 Å². The molecule has 0 unspecified atom stereocenters. The zero-order valence-corrected chi connectivity index (χ0v) is 26.1. The van der Waals surface area contributed by atoms with Crippen molar-refractivity contribution in [1.29, 1.82) is 0 Å². The van der Waals surface area contributed by atoms with Crippen molar-refractivity contribution in [3.05, 3.63) is 87.9 Å². The second-order valence-corrected chi connectivity index (χ2v) is 9.24. The predicted octanol–water partition coefficient (Wildman–Crippen LogP) is 0.345. The van der Waals surface area contributed by atoms with Crippen LogP contribution < -0.4 is 56.1 Å². The first-order valence-corrected chi connectivity index (χ1v) is 12.5. The number of halogens is 1. The molecule has 0 aromatic heterocycles. The van der Waals surface area contributed by atoms with Gasteiger partial charge in [0.25, 0.3) is 23.6 Å². The third-order valence-electron chi connectivity index (χ3n) is 6.76. The minimum Gasteiger partial charge on any atom is -0.870 e. The van der Waals surface area contributed by atoms with Crippen LogP contribution in [0.25, 0.3) is 21.5 Å². The molecule has 0 aliphatic carbocycles. The van der Waals surface area contributed by atoms with E-state index in [1.165, 1.54) is 0 Å². The smallest absolute Gasteiger partial charge is 0.870 e. The Hall–Kier alpha value is -2.71. The Bertz CT molecular complexity index is 1650. The molecule has 2 heterocycles. The van der Waals surface area contributed by atoms with E-state index < -0.39 is 0 Å². The summed E-state index contributed by atoms with van der Waals surface area (Å²) in [5.41, 5.74) is 1.82. The van der Waals surface area contributed by atoms with Crippen molar-refractivity contribution >= 4 is 56.8 Å². The Morgan fingerprint density at radius 1 is 0.659 bits per heavy atom. The molecular formula is C29H24ClKN2O8. The standard InChI is InChI=1S/C15H13NO4.C14H10ClNO3.K.H2O/c1-20-12-6-5-11-13-9(12)3-2-4-10(13)14(18)16(7-8-17)15(11)19;15-11-5-4-10-12-8(11)2-1-3-9(12)13(18)16(6-7-17)14(10)19;;/h2-6,17H,7-8H2,1H3;1-5,17H,6-7H2;;1H2/q;;+1;/p-1. The Morgan fingerprint density at radius 2 is 1.07 bits per heavy atom. The van der Waals surface area contributed by atoms with Crippen LogP contribution in [-0.4, -0.2) is 82.5 Å². The van der Waals surface area contributed by atoms with Gasteiger partial charge in [-0.1, -0.05) is 35.9 Å². The average molecular weight is 603 g/mol. The molecule has 0 atom stereocenters. The number of benzene rings is 4. The second kappa shape index (κ2) is 13.5. The third-order valence-corrected chi connectivity index (χ3v) is 7.09. The molecule has 2 aliphatic heterocycles. The van der Waals surface area contributed by atoms with Crippen molar-refractivity contribution in [2.45, 2.75) is 0 Å². The second-order valence-electron chi connectivity index (χ2n) is 8.84. The summed E-state index contributed by atoms with van der Waals surface area (Å²) in [6.45, 7) is -0.509. The number of aliphatic hydroxyl groups is 2. The van der Waals surface area contributed by atoms with Crippen molar-refractivity contribution in [3.63, 3.8) is 0 Å². The molecule has 0 saturated heterocycles. The molecular weight excluding hydrogens is 579 g/mol. The van der Waals surface area contributed by atoms with Crippen molar-refractivity contribution in [1.82, 2.24) is 9.80 Å². The number of nitrogens with zero attached hydrogens (tertiary/aromatic N) is 2. The molecule has 4 aromatic carbocycles. The minimum absolute atomic E-state index is 0. The number of rotatable bonds is 5. The molecule has 6 rings (SSSR count). The van der Waals surface area contributed by atoms with Crippen LogP contribution in [0, 0.1) is 0 Å². The molecule has 2 aliphatic rings. The molecule has 0 radical (unpaired) electrons. The summed E-state index contributed by atoms with van der Waals surface area (Å²) in [6.07, 6.45) is 0. The van der Waals surface area contributed by atoms with Gasteiger partial charge in [-0.25, -0.2) is 0 Å². The molecule has 3 N–H and O–H groups in total. The van der Waals surface area contributed by atoms with Gasteiger partial charge in [0.2, 0.25) is 0 Å². The summed E-state index contributed by atoms with van der Waals surface area (Å²) < 4.78 is 5.27. The maximum absolute atomic E-state index is 12.4. The molecule has 206 valence electrons. The van der Waals surface area contributed by atoms with Gasteiger partial charge in [-0.05, 0) is 36.4 Å². The number of carbonyl (C=O) groups is 4. The minimum atomic E-state index is -0.389. The summed E-state index contributed by atoms with van der Waals surface area (Å²) in [4.78, 5) is 51.4. The first kappa shape index (κ1) is 32.8. The van der Waals surface area contributed by atoms with Gasteiger partial charge in [-0.2, -0.15) is 0 Å². The van der Waals surface area contributed by atoms with Crippen LogP contribution in [0.15, 0.2) is 60.7 Å². The summed E-state index contributed by atoms with van der Waals surface area (Å²) >= 11 is 6.10. The van der Waals surface area contributed by atoms with Crippen molar-refractivity contribution in [2.75, 3.05) is 33.4 Å². The van der Waals surface area contributed by atoms with Gasteiger partial charge in [0.05, 0.1) is 33.4 Å². The SMILES string of the molecule is COc1ccc2c3c(cccc13)C(=O)N(CCO)C2=O.O=C1c2cccc3c(Cl)ccc(c23)C(=O)N1CCO.[K+].[OH-]. The van der Waals surface area contributed by atoms with Crippen molar-refractivity contribution < 1.29 is 91.0 Å². The van der Waals surface area contributed by atoms with Gasteiger partial charge in [0.1, 0.15) is 5.75 Å². The summed E-state index contributed by atoms with van der Waals surface area (Å²) in [5, 5.41) is 21.2. The maximum Gasteiger partial charge on any atom is 1.00 e. The van der Waals surface area contributed by atoms with E-state index in [0.717, 1.165) is 15.2 Å². The number of imide groups is 2. The van der Waals surface area contributed by atoms with E-state index in [-0.39, 0.29) is 107 Å². The molecule has 0 spiro atoms. The summed E-state index contributed by atoms with van der Waals surface area (Å²) in [7, 11) is 1.55. The normalized spacial score (nSPS) is 13.5. The fourth-order valence-corrected chi connectivity index (χ4v) is 5.23. The van der Waals surface area contributed by atoms with Crippen LogP contribution in [0.2, 0.25) is 5.02 Å². The quantitative estimate of drug-likeness (QED) is 0.245. The molecule has 0 bridgehead atoms. The van der Waals surface area contributed by atoms with E-state index in [4.69, 9.17) is 26.6 Å². The Labute approximate surface area is 282 Å². The van der Waals surface area contributed by atoms with Crippen LogP contribution in [0.5, 0.6) is 5.75 Å². The molecule has 0 fully saturated rings. The number of hydrogen-bond donors (Lipinski definition) is 2.